The van der Waals surface area contributed by atoms with Gasteiger partial charge in [-0.25, -0.2) is 4.39 Å². The molecule has 8 heteroatoms. The Morgan fingerprint density at radius 2 is 1.62 bits per heavy atom. The van der Waals surface area contributed by atoms with E-state index in [1.807, 2.05) is 31.2 Å². The summed E-state index contributed by atoms with van der Waals surface area (Å²) >= 11 is 18.6. The number of rotatable bonds is 10. The summed E-state index contributed by atoms with van der Waals surface area (Å²) < 4.78 is 24.7. The lowest BCUT2D eigenvalue weighted by atomic mass is 10.1. The predicted molar refractivity (Wildman–Crippen MR) is 132 cm³/mol. The van der Waals surface area contributed by atoms with Crippen LogP contribution in [0.5, 0.6) is 11.5 Å². The monoisotopic (exact) mass is 517 g/mol. The molecule has 32 heavy (non-hydrogen) atoms. The summed E-state index contributed by atoms with van der Waals surface area (Å²) in [6.07, 6.45) is 0.779. The van der Waals surface area contributed by atoms with E-state index in [-0.39, 0.29) is 24.8 Å². The Morgan fingerprint density at radius 3 is 2.31 bits per heavy atom. The molecule has 0 fully saturated rings. The van der Waals surface area contributed by atoms with E-state index in [1.165, 1.54) is 12.1 Å². The second kappa shape index (κ2) is 13.1. The van der Waals surface area contributed by atoms with E-state index in [0.29, 0.717) is 39.7 Å². The van der Waals surface area contributed by atoms with Crippen LogP contribution in [0.25, 0.3) is 0 Å². The average molecular weight is 519 g/mol. The van der Waals surface area contributed by atoms with E-state index >= 15 is 0 Å². The van der Waals surface area contributed by atoms with E-state index in [0.717, 1.165) is 29.7 Å². The molecular formula is C24H24Cl4FNO2. The van der Waals surface area contributed by atoms with Crippen LogP contribution in [0.1, 0.15) is 23.6 Å². The Hall–Kier alpha value is -1.69. The minimum Gasteiger partial charge on any atom is -0.490 e. The van der Waals surface area contributed by atoms with Crippen molar-refractivity contribution < 1.29 is 13.9 Å². The highest BCUT2D eigenvalue weighted by molar-refractivity contribution is 6.35. The third kappa shape index (κ3) is 7.72. The second-order valence-electron chi connectivity index (χ2n) is 6.92. The van der Waals surface area contributed by atoms with Crippen LogP contribution in [-0.4, -0.2) is 13.2 Å². The molecule has 0 unspecified atom stereocenters. The van der Waals surface area contributed by atoms with Gasteiger partial charge in [0.2, 0.25) is 0 Å². The first-order chi connectivity index (χ1) is 15.0. The van der Waals surface area contributed by atoms with Crippen molar-refractivity contribution in [3.8, 4) is 11.5 Å². The highest BCUT2D eigenvalue weighted by atomic mass is 35.5. The summed E-state index contributed by atoms with van der Waals surface area (Å²) in [4.78, 5) is 0. The first-order valence-corrected chi connectivity index (χ1v) is 11.1. The van der Waals surface area contributed by atoms with Crippen molar-refractivity contribution in [1.82, 2.24) is 5.32 Å². The number of halogens is 5. The van der Waals surface area contributed by atoms with Gasteiger partial charge in [-0.2, -0.15) is 0 Å². The molecule has 3 aromatic carbocycles. The predicted octanol–water partition coefficient (Wildman–Crippen LogP) is 7.52. The van der Waals surface area contributed by atoms with Gasteiger partial charge in [-0.15, -0.1) is 12.4 Å². The van der Waals surface area contributed by atoms with Gasteiger partial charge in [0, 0.05) is 16.6 Å². The van der Waals surface area contributed by atoms with Crippen LogP contribution < -0.4 is 14.8 Å². The summed E-state index contributed by atoms with van der Waals surface area (Å²) in [7, 11) is 0. The molecule has 0 spiro atoms. The van der Waals surface area contributed by atoms with Gasteiger partial charge in [-0.1, -0.05) is 53.0 Å². The molecule has 0 saturated heterocycles. The van der Waals surface area contributed by atoms with Crippen molar-refractivity contribution in [2.45, 2.75) is 26.5 Å². The first-order valence-electron chi connectivity index (χ1n) is 9.93. The lowest BCUT2D eigenvalue weighted by Gasteiger charge is -2.16. The Bertz CT molecular complexity index is 1020. The van der Waals surface area contributed by atoms with E-state index in [2.05, 4.69) is 5.32 Å². The third-order valence-electron chi connectivity index (χ3n) is 4.58. The summed E-state index contributed by atoms with van der Waals surface area (Å²) in [5.74, 6) is 0.770. The third-order valence-corrected chi connectivity index (χ3v) is 5.45. The molecule has 0 bridgehead atoms. The normalized spacial score (nSPS) is 10.5. The molecule has 172 valence electrons. The zero-order valence-electron chi connectivity index (χ0n) is 17.5. The number of benzene rings is 3. The smallest absolute Gasteiger partial charge is 0.180 e. The second-order valence-corrected chi connectivity index (χ2v) is 8.17. The van der Waals surface area contributed by atoms with Crippen LogP contribution in [0.3, 0.4) is 0 Å². The summed E-state index contributed by atoms with van der Waals surface area (Å²) in [5.41, 5.74) is 2.85. The number of hydrogen-bond donors (Lipinski definition) is 1. The fourth-order valence-corrected chi connectivity index (χ4v) is 3.83. The Kier molecular flexibility index (Phi) is 10.9. The Labute approximate surface area is 209 Å². The lowest BCUT2D eigenvalue weighted by molar-refractivity contribution is 0.269. The minimum atomic E-state index is -0.285. The molecular weight excluding hydrogens is 495 g/mol. The number of hydrogen-bond acceptors (Lipinski definition) is 3. The van der Waals surface area contributed by atoms with Crippen molar-refractivity contribution >= 4 is 47.2 Å². The van der Waals surface area contributed by atoms with Crippen molar-refractivity contribution in [3.63, 3.8) is 0 Å². The Morgan fingerprint density at radius 1 is 0.875 bits per heavy atom. The van der Waals surface area contributed by atoms with Crippen molar-refractivity contribution in [2.75, 3.05) is 13.2 Å². The van der Waals surface area contributed by atoms with E-state index in [9.17, 15) is 4.39 Å². The van der Waals surface area contributed by atoms with E-state index < -0.39 is 0 Å². The molecule has 0 aromatic heterocycles. The zero-order valence-corrected chi connectivity index (χ0v) is 20.6. The molecule has 0 heterocycles. The molecule has 3 nitrogen and oxygen atoms in total. The van der Waals surface area contributed by atoms with E-state index in [1.54, 1.807) is 18.2 Å². The van der Waals surface area contributed by atoms with Crippen LogP contribution in [0.2, 0.25) is 15.1 Å². The maximum atomic E-state index is 13.1. The molecule has 3 rings (SSSR count). The van der Waals surface area contributed by atoms with Crippen molar-refractivity contribution in [3.05, 3.63) is 92.2 Å². The minimum absolute atomic E-state index is 0. The molecule has 1 N–H and O–H groups in total. The number of ether oxygens (including phenoxy) is 2. The molecule has 0 aliphatic heterocycles. The molecule has 0 atom stereocenters. The van der Waals surface area contributed by atoms with Gasteiger partial charge in [0.15, 0.2) is 11.5 Å². The lowest BCUT2D eigenvalue weighted by Crippen LogP contribution is -2.17. The van der Waals surface area contributed by atoms with Crippen molar-refractivity contribution in [2.24, 2.45) is 0 Å². The van der Waals surface area contributed by atoms with Crippen LogP contribution in [-0.2, 0) is 19.6 Å². The van der Waals surface area contributed by atoms with E-state index in [4.69, 9.17) is 44.3 Å². The quantitative estimate of drug-likeness (QED) is 0.281. The SMILES string of the molecule is CCOc1cc(CNCCc2ccc(Cl)cc2Cl)cc(Cl)c1OCc1ccc(F)cc1.Cl. The largest absolute Gasteiger partial charge is 0.490 e. The highest BCUT2D eigenvalue weighted by Crippen LogP contribution is 2.37. The standard InChI is InChI=1S/C24H23Cl3FNO2.ClH/c1-2-30-23-12-17(14-29-10-9-18-5-6-19(25)13-21(18)26)11-22(27)24(23)31-15-16-3-7-20(28)8-4-16;/h3-8,11-13,29H,2,9-10,14-15H2,1H3;1H. The number of nitrogens with one attached hydrogen (secondary N) is 1. The van der Waals surface area contributed by atoms with Crippen LogP contribution >= 0.6 is 47.2 Å². The Balaban J connectivity index is 0.00000363. The summed E-state index contributed by atoms with van der Waals surface area (Å²) in [5, 5.41) is 5.14. The summed E-state index contributed by atoms with van der Waals surface area (Å²) in [6, 6.07) is 15.4. The topological polar surface area (TPSA) is 30.5 Å². The van der Waals surface area contributed by atoms with Gasteiger partial charge >= 0.3 is 0 Å². The molecule has 0 radical (unpaired) electrons. The fraction of sp³-hybridized carbons (Fsp3) is 0.250. The molecule has 0 saturated carbocycles. The average Bonchev–Trinajstić information content (AvgIpc) is 2.73. The maximum absolute atomic E-state index is 13.1. The molecule has 0 aliphatic carbocycles. The molecule has 0 aliphatic rings. The first kappa shape index (κ1) is 26.6. The van der Waals surface area contributed by atoms with Crippen LogP contribution in [0, 0.1) is 5.82 Å². The maximum Gasteiger partial charge on any atom is 0.180 e. The van der Waals surface area contributed by atoms with Crippen LogP contribution in [0.4, 0.5) is 4.39 Å². The van der Waals surface area contributed by atoms with Crippen molar-refractivity contribution in [1.29, 1.82) is 0 Å². The van der Waals surface area contributed by atoms with Gasteiger partial charge in [0.25, 0.3) is 0 Å². The van der Waals surface area contributed by atoms with Gasteiger partial charge in [0.05, 0.1) is 11.6 Å². The van der Waals surface area contributed by atoms with Gasteiger partial charge < -0.3 is 14.8 Å². The van der Waals surface area contributed by atoms with Gasteiger partial charge in [-0.3, -0.25) is 0 Å². The summed E-state index contributed by atoms with van der Waals surface area (Å²) in [6.45, 7) is 4.00. The highest BCUT2D eigenvalue weighted by Gasteiger charge is 2.13. The van der Waals surface area contributed by atoms with Crippen LogP contribution in [0.15, 0.2) is 54.6 Å². The zero-order chi connectivity index (χ0) is 22.2. The molecule has 3 aromatic rings. The van der Waals surface area contributed by atoms with Gasteiger partial charge in [-0.05, 0) is 73.0 Å². The van der Waals surface area contributed by atoms with Gasteiger partial charge in [0.1, 0.15) is 12.4 Å². The fourth-order valence-electron chi connectivity index (χ4n) is 3.04. The molecule has 0 amide bonds.